The maximum atomic E-state index is 12.7. The van der Waals surface area contributed by atoms with Crippen LogP contribution >= 0.6 is 0 Å². The zero-order valence-electron chi connectivity index (χ0n) is 10.0. The first kappa shape index (κ1) is 14.3. The molecule has 0 aromatic carbocycles. The average molecular weight is 260 g/mol. The molecule has 3 nitrogen and oxygen atoms in total. The molecule has 1 heterocycles. The number of ether oxygens (including phenoxy) is 1. The Morgan fingerprint density at radius 2 is 2.17 bits per heavy atom. The fourth-order valence-electron chi connectivity index (χ4n) is 1.23. The Morgan fingerprint density at radius 3 is 2.72 bits per heavy atom. The second kappa shape index (κ2) is 6.28. The summed E-state index contributed by atoms with van der Waals surface area (Å²) in [6.07, 6.45) is -2.18. The predicted molar refractivity (Wildman–Crippen MR) is 63.7 cm³/mol. The van der Waals surface area contributed by atoms with Gasteiger partial charge in [-0.1, -0.05) is 19.6 Å². The summed E-state index contributed by atoms with van der Waals surface area (Å²) in [5.41, 5.74) is -0.782. The number of alkyl halides is 3. The normalized spacial score (nSPS) is 11.1. The van der Waals surface area contributed by atoms with Gasteiger partial charge in [-0.15, -0.1) is 0 Å². The van der Waals surface area contributed by atoms with E-state index in [0.717, 1.165) is 18.6 Å². The van der Waals surface area contributed by atoms with Crippen LogP contribution in [0.1, 0.15) is 18.9 Å². The Kier molecular flexibility index (Phi) is 5.00. The molecule has 1 aromatic rings. The molecule has 0 unspecified atom stereocenters. The second-order valence-corrected chi connectivity index (χ2v) is 3.60. The molecule has 0 atom stereocenters. The summed E-state index contributed by atoms with van der Waals surface area (Å²) >= 11 is 0. The Balaban J connectivity index is 2.99. The molecule has 0 fully saturated rings. The highest BCUT2D eigenvalue weighted by molar-refractivity contribution is 5.42. The van der Waals surface area contributed by atoms with Gasteiger partial charge in [-0.3, -0.25) is 0 Å². The Hall–Kier alpha value is -1.72. The van der Waals surface area contributed by atoms with E-state index in [9.17, 15) is 13.2 Å². The van der Waals surface area contributed by atoms with Crippen LogP contribution in [-0.2, 0) is 6.18 Å². The highest BCUT2D eigenvalue weighted by Crippen LogP contribution is 2.32. The molecule has 0 saturated carbocycles. The predicted octanol–water partition coefficient (Wildman–Crippen LogP) is 3.49. The lowest BCUT2D eigenvalue weighted by Gasteiger charge is -2.12. The number of rotatable bonds is 6. The van der Waals surface area contributed by atoms with Gasteiger partial charge in [0.05, 0.1) is 5.56 Å². The fourth-order valence-corrected chi connectivity index (χ4v) is 1.23. The van der Waals surface area contributed by atoms with E-state index in [1.165, 1.54) is 6.08 Å². The number of anilines is 1. The van der Waals surface area contributed by atoms with Gasteiger partial charge < -0.3 is 10.1 Å². The highest BCUT2D eigenvalue weighted by Gasteiger charge is 2.31. The van der Waals surface area contributed by atoms with Crippen LogP contribution in [0, 0.1) is 0 Å². The minimum absolute atomic E-state index is 0.0664. The zero-order valence-corrected chi connectivity index (χ0v) is 10.0. The molecular formula is C12H15F3N2O. The van der Waals surface area contributed by atoms with Crippen LogP contribution in [0.25, 0.3) is 0 Å². The fraction of sp³-hybridized carbons (Fsp3) is 0.417. The van der Waals surface area contributed by atoms with Gasteiger partial charge in [-0.25, -0.2) is 0 Å². The van der Waals surface area contributed by atoms with E-state index in [2.05, 4.69) is 16.9 Å². The van der Waals surface area contributed by atoms with E-state index in [1.54, 1.807) is 0 Å². The monoisotopic (exact) mass is 260 g/mol. The Bertz CT molecular complexity index is 405. The van der Waals surface area contributed by atoms with Gasteiger partial charge in [0.25, 0.3) is 0 Å². The summed E-state index contributed by atoms with van der Waals surface area (Å²) in [7, 11) is 0. The molecule has 0 aliphatic carbocycles. The molecule has 100 valence electrons. The summed E-state index contributed by atoms with van der Waals surface area (Å²) in [6, 6.07) is 1.84. The van der Waals surface area contributed by atoms with Crippen molar-refractivity contribution in [2.45, 2.75) is 19.5 Å². The maximum absolute atomic E-state index is 12.7. The molecule has 0 spiro atoms. The van der Waals surface area contributed by atoms with Crippen LogP contribution < -0.4 is 10.1 Å². The van der Waals surface area contributed by atoms with Crippen molar-refractivity contribution in [3.63, 3.8) is 0 Å². The van der Waals surface area contributed by atoms with Gasteiger partial charge in [0.2, 0.25) is 5.88 Å². The van der Waals surface area contributed by atoms with Crippen LogP contribution in [0.4, 0.5) is 19.0 Å². The van der Waals surface area contributed by atoms with Crippen molar-refractivity contribution in [3.8, 4) is 5.88 Å². The number of nitrogens with one attached hydrogen (secondary N) is 1. The van der Waals surface area contributed by atoms with E-state index >= 15 is 0 Å². The van der Waals surface area contributed by atoms with Crippen molar-refractivity contribution in [2.75, 3.05) is 18.5 Å². The lowest BCUT2D eigenvalue weighted by atomic mass is 10.2. The molecule has 18 heavy (non-hydrogen) atoms. The van der Waals surface area contributed by atoms with Crippen molar-refractivity contribution in [2.24, 2.45) is 0 Å². The quantitative estimate of drug-likeness (QED) is 0.795. The highest BCUT2D eigenvalue weighted by atomic mass is 19.4. The SMILES string of the molecule is C=CCOc1cc(C(F)(F)F)cc(NCCC)n1. The van der Waals surface area contributed by atoms with E-state index in [4.69, 9.17) is 4.74 Å². The second-order valence-electron chi connectivity index (χ2n) is 3.60. The zero-order chi connectivity index (χ0) is 13.6. The molecule has 0 aliphatic heterocycles. The van der Waals surface area contributed by atoms with Crippen LogP contribution in [-0.4, -0.2) is 18.1 Å². The summed E-state index contributed by atoms with van der Waals surface area (Å²) < 4.78 is 43.0. The minimum atomic E-state index is -4.42. The van der Waals surface area contributed by atoms with Crippen LogP contribution in [0.3, 0.4) is 0 Å². The summed E-state index contributed by atoms with van der Waals surface area (Å²) in [5, 5.41) is 2.81. The van der Waals surface area contributed by atoms with Crippen molar-refractivity contribution < 1.29 is 17.9 Å². The molecule has 1 aromatic heterocycles. The molecular weight excluding hydrogens is 245 g/mol. The van der Waals surface area contributed by atoms with E-state index < -0.39 is 11.7 Å². The number of hydrogen-bond donors (Lipinski definition) is 1. The van der Waals surface area contributed by atoms with Crippen LogP contribution in [0.15, 0.2) is 24.8 Å². The largest absolute Gasteiger partial charge is 0.473 e. The maximum Gasteiger partial charge on any atom is 0.416 e. The molecule has 0 aliphatic rings. The van der Waals surface area contributed by atoms with Gasteiger partial charge in [0, 0.05) is 12.6 Å². The average Bonchev–Trinajstić information content (AvgIpc) is 2.32. The minimum Gasteiger partial charge on any atom is -0.473 e. The van der Waals surface area contributed by atoms with Crippen LogP contribution in [0.2, 0.25) is 0 Å². The van der Waals surface area contributed by atoms with E-state index in [1.807, 2.05) is 6.92 Å². The molecule has 0 saturated heterocycles. The topological polar surface area (TPSA) is 34.1 Å². The third-order valence-corrected chi connectivity index (χ3v) is 2.03. The Morgan fingerprint density at radius 1 is 1.44 bits per heavy atom. The first-order chi connectivity index (χ1) is 8.47. The lowest BCUT2D eigenvalue weighted by Crippen LogP contribution is -2.10. The molecule has 0 bridgehead atoms. The number of halogens is 3. The number of pyridine rings is 1. The lowest BCUT2D eigenvalue weighted by molar-refractivity contribution is -0.137. The van der Waals surface area contributed by atoms with Gasteiger partial charge in [0.15, 0.2) is 0 Å². The van der Waals surface area contributed by atoms with E-state index in [0.29, 0.717) is 6.54 Å². The third-order valence-electron chi connectivity index (χ3n) is 2.03. The number of hydrogen-bond acceptors (Lipinski definition) is 3. The summed E-state index contributed by atoms with van der Waals surface area (Å²) in [5.74, 6) is 0.0917. The molecule has 0 radical (unpaired) electrons. The Labute approximate surface area is 104 Å². The molecule has 1 rings (SSSR count). The first-order valence-corrected chi connectivity index (χ1v) is 5.54. The number of nitrogens with zero attached hydrogens (tertiary/aromatic N) is 1. The smallest absolute Gasteiger partial charge is 0.416 e. The van der Waals surface area contributed by atoms with Crippen molar-refractivity contribution in [1.82, 2.24) is 4.98 Å². The first-order valence-electron chi connectivity index (χ1n) is 5.54. The van der Waals surface area contributed by atoms with Crippen molar-refractivity contribution in [1.29, 1.82) is 0 Å². The van der Waals surface area contributed by atoms with Gasteiger partial charge in [-0.2, -0.15) is 18.2 Å². The van der Waals surface area contributed by atoms with Gasteiger partial charge in [0.1, 0.15) is 12.4 Å². The standard InChI is InChI=1S/C12H15F3N2O/c1-3-5-16-10-7-9(12(13,14)15)8-11(17-10)18-6-4-2/h4,7-8H,2-3,5-6H2,1H3,(H,16,17). The van der Waals surface area contributed by atoms with Gasteiger partial charge in [-0.05, 0) is 12.5 Å². The van der Waals surface area contributed by atoms with Crippen molar-refractivity contribution >= 4 is 5.82 Å². The number of aromatic nitrogens is 1. The molecule has 1 N–H and O–H groups in total. The summed E-state index contributed by atoms with van der Waals surface area (Å²) in [6.45, 7) is 6.00. The van der Waals surface area contributed by atoms with Crippen molar-refractivity contribution in [3.05, 3.63) is 30.4 Å². The van der Waals surface area contributed by atoms with Crippen LogP contribution in [0.5, 0.6) is 5.88 Å². The third kappa shape index (κ3) is 4.27. The van der Waals surface area contributed by atoms with Gasteiger partial charge >= 0.3 is 6.18 Å². The molecule has 6 heteroatoms. The van der Waals surface area contributed by atoms with E-state index in [-0.39, 0.29) is 18.3 Å². The summed E-state index contributed by atoms with van der Waals surface area (Å²) in [4.78, 5) is 3.94. The molecule has 0 amide bonds.